The zero-order valence-electron chi connectivity index (χ0n) is 8.99. The smallest absolute Gasteiger partial charge is 0.227 e. The van der Waals surface area contributed by atoms with Crippen molar-refractivity contribution in [3.05, 3.63) is 24.3 Å². The van der Waals surface area contributed by atoms with E-state index in [4.69, 9.17) is 4.74 Å². The Morgan fingerprint density at radius 3 is 2.73 bits per heavy atom. The summed E-state index contributed by atoms with van der Waals surface area (Å²) in [4.78, 5) is 11.7. The second-order valence-corrected chi connectivity index (χ2v) is 4.01. The topological polar surface area (TPSA) is 38.3 Å². The molecule has 0 heterocycles. The van der Waals surface area contributed by atoms with Crippen LogP contribution in [0.3, 0.4) is 0 Å². The maximum absolute atomic E-state index is 11.7. The molecule has 0 saturated heterocycles. The van der Waals surface area contributed by atoms with Crippen LogP contribution in [0.4, 0.5) is 5.69 Å². The summed E-state index contributed by atoms with van der Waals surface area (Å²) in [6.45, 7) is 2.09. The van der Waals surface area contributed by atoms with Crippen molar-refractivity contribution >= 4 is 11.6 Å². The van der Waals surface area contributed by atoms with Crippen LogP contribution in [-0.4, -0.2) is 13.0 Å². The molecule has 1 saturated carbocycles. The van der Waals surface area contributed by atoms with Gasteiger partial charge in [0.2, 0.25) is 5.91 Å². The molecule has 1 aromatic rings. The van der Waals surface area contributed by atoms with Gasteiger partial charge in [0.1, 0.15) is 5.75 Å². The fourth-order valence-electron chi connectivity index (χ4n) is 1.66. The molecular formula is C12H15NO2. The Balaban J connectivity index is 2.06. The van der Waals surface area contributed by atoms with Crippen LogP contribution in [0.5, 0.6) is 5.75 Å². The number of methoxy groups -OCH3 is 1. The van der Waals surface area contributed by atoms with Gasteiger partial charge < -0.3 is 10.1 Å². The first-order valence-corrected chi connectivity index (χ1v) is 5.16. The normalized spacial score (nSPS) is 23.3. The molecule has 0 unspecified atom stereocenters. The van der Waals surface area contributed by atoms with E-state index in [0.29, 0.717) is 11.7 Å². The number of ether oxygens (including phenoxy) is 1. The fourth-order valence-corrected chi connectivity index (χ4v) is 1.66. The van der Waals surface area contributed by atoms with E-state index in [2.05, 4.69) is 12.2 Å². The zero-order valence-corrected chi connectivity index (χ0v) is 8.99. The van der Waals surface area contributed by atoms with Gasteiger partial charge in [0.05, 0.1) is 12.8 Å². The Bertz CT molecular complexity index is 376. The van der Waals surface area contributed by atoms with Crippen molar-refractivity contribution in [1.29, 1.82) is 0 Å². The molecule has 3 nitrogen and oxygen atoms in total. The molecule has 1 aliphatic carbocycles. The van der Waals surface area contributed by atoms with Crippen LogP contribution >= 0.6 is 0 Å². The Labute approximate surface area is 89.4 Å². The third-order valence-corrected chi connectivity index (χ3v) is 2.81. The highest BCUT2D eigenvalue weighted by Gasteiger charge is 2.39. The van der Waals surface area contributed by atoms with Crippen LogP contribution in [0.25, 0.3) is 0 Å². The van der Waals surface area contributed by atoms with Crippen molar-refractivity contribution in [2.24, 2.45) is 11.8 Å². The van der Waals surface area contributed by atoms with Crippen molar-refractivity contribution in [3.8, 4) is 5.75 Å². The maximum Gasteiger partial charge on any atom is 0.227 e. The molecule has 15 heavy (non-hydrogen) atoms. The fraction of sp³-hybridized carbons (Fsp3) is 0.417. The number of carbonyl (C=O) groups excluding carboxylic acids is 1. The lowest BCUT2D eigenvalue weighted by Gasteiger charge is -2.09. The van der Waals surface area contributed by atoms with Crippen molar-refractivity contribution in [2.45, 2.75) is 13.3 Å². The van der Waals surface area contributed by atoms with E-state index in [1.807, 2.05) is 24.3 Å². The molecule has 1 aromatic carbocycles. The summed E-state index contributed by atoms with van der Waals surface area (Å²) < 4.78 is 5.16. The van der Waals surface area contributed by atoms with Crippen LogP contribution in [-0.2, 0) is 4.79 Å². The first-order chi connectivity index (χ1) is 7.22. The average Bonchev–Trinajstić information content (AvgIpc) is 2.96. The standard InChI is InChI=1S/C12H15NO2/c1-8-7-9(8)12(14)13-10-5-3-4-6-11(10)15-2/h3-6,8-9H,7H2,1-2H3,(H,13,14)/t8-,9+/m1/s1. The number of nitrogens with one attached hydrogen (secondary N) is 1. The summed E-state index contributed by atoms with van der Waals surface area (Å²) in [5.41, 5.74) is 0.754. The van der Waals surface area contributed by atoms with Crippen molar-refractivity contribution in [1.82, 2.24) is 0 Å². The Morgan fingerprint density at radius 1 is 1.47 bits per heavy atom. The van der Waals surface area contributed by atoms with Gasteiger partial charge in [-0.05, 0) is 24.5 Å². The number of hydrogen-bond donors (Lipinski definition) is 1. The highest BCUT2D eigenvalue weighted by molar-refractivity contribution is 5.95. The summed E-state index contributed by atoms with van der Waals surface area (Å²) >= 11 is 0. The van der Waals surface area contributed by atoms with Gasteiger partial charge in [-0.1, -0.05) is 19.1 Å². The van der Waals surface area contributed by atoms with E-state index in [1.165, 1.54) is 0 Å². The molecular weight excluding hydrogens is 190 g/mol. The van der Waals surface area contributed by atoms with Gasteiger partial charge in [0, 0.05) is 5.92 Å². The first-order valence-electron chi connectivity index (χ1n) is 5.16. The van der Waals surface area contributed by atoms with Crippen LogP contribution in [0.1, 0.15) is 13.3 Å². The minimum absolute atomic E-state index is 0.104. The van der Waals surface area contributed by atoms with E-state index in [9.17, 15) is 4.79 Å². The number of anilines is 1. The highest BCUT2D eigenvalue weighted by Crippen LogP contribution is 2.39. The third-order valence-electron chi connectivity index (χ3n) is 2.81. The molecule has 2 rings (SSSR count). The summed E-state index contributed by atoms with van der Waals surface area (Å²) in [5.74, 6) is 1.53. The van der Waals surface area contributed by atoms with Crippen molar-refractivity contribution in [2.75, 3.05) is 12.4 Å². The lowest BCUT2D eigenvalue weighted by atomic mass is 10.2. The molecule has 3 heteroatoms. The zero-order chi connectivity index (χ0) is 10.8. The van der Waals surface area contributed by atoms with Crippen LogP contribution in [0.2, 0.25) is 0 Å². The molecule has 0 bridgehead atoms. The molecule has 1 aliphatic rings. The maximum atomic E-state index is 11.7. The SMILES string of the molecule is COc1ccccc1NC(=O)[C@H]1C[C@H]1C. The van der Waals surface area contributed by atoms with E-state index in [1.54, 1.807) is 7.11 Å². The van der Waals surface area contributed by atoms with Gasteiger partial charge in [0.15, 0.2) is 0 Å². The first kappa shape index (κ1) is 10.0. The Hall–Kier alpha value is -1.51. The number of amides is 1. The Morgan fingerprint density at radius 2 is 2.13 bits per heavy atom. The van der Waals surface area contributed by atoms with Gasteiger partial charge in [-0.2, -0.15) is 0 Å². The van der Waals surface area contributed by atoms with E-state index in [0.717, 1.165) is 12.1 Å². The summed E-state index contributed by atoms with van der Waals surface area (Å²) in [5, 5.41) is 2.89. The summed E-state index contributed by atoms with van der Waals surface area (Å²) in [6, 6.07) is 7.46. The van der Waals surface area contributed by atoms with E-state index in [-0.39, 0.29) is 11.8 Å². The number of carbonyl (C=O) groups is 1. The largest absolute Gasteiger partial charge is 0.495 e. The number of rotatable bonds is 3. The van der Waals surface area contributed by atoms with Gasteiger partial charge in [0.25, 0.3) is 0 Å². The minimum Gasteiger partial charge on any atom is -0.495 e. The Kier molecular flexibility index (Phi) is 2.62. The van der Waals surface area contributed by atoms with Gasteiger partial charge in [-0.3, -0.25) is 4.79 Å². The molecule has 1 N–H and O–H groups in total. The third kappa shape index (κ3) is 2.12. The molecule has 0 aromatic heterocycles. The minimum atomic E-state index is 0.104. The molecule has 0 spiro atoms. The molecule has 2 atom stereocenters. The number of para-hydroxylation sites is 2. The van der Waals surface area contributed by atoms with Crippen LogP contribution in [0.15, 0.2) is 24.3 Å². The average molecular weight is 205 g/mol. The monoisotopic (exact) mass is 205 g/mol. The second-order valence-electron chi connectivity index (χ2n) is 4.01. The second kappa shape index (κ2) is 3.93. The van der Waals surface area contributed by atoms with Crippen LogP contribution in [0, 0.1) is 11.8 Å². The molecule has 0 aliphatic heterocycles. The summed E-state index contributed by atoms with van der Waals surface area (Å²) in [7, 11) is 1.60. The van der Waals surface area contributed by atoms with Gasteiger partial charge in [-0.15, -0.1) is 0 Å². The molecule has 1 fully saturated rings. The quantitative estimate of drug-likeness (QED) is 0.822. The predicted octanol–water partition coefficient (Wildman–Crippen LogP) is 2.29. The van der Waals surface area contributed by atoms with Crippen molar-refractivity contribution < 1.29 is 9.53 Å². The number of benzene rings is 1. The number of hydrogen-bond acceptors (Lipinski definition) is 2. The lowest BCUT2D eigenvalue weighted by Crippen LogP contribution is -2.14. The van der Waals surface area contributed by atoms with E-state index < -0.39 is 0 Å². The summed E-state index contributed by atoms with van der Waals surface area (Å²) in [6.07, 6.45) is 1.00. The molecule has 1 amide bonds. The van der Waals surface area contributed by atoms with Crippen molar-refractivity contribution in [3.63, 3.8) is 0 Å². The van der Waals surface area contributed by atoms with Gasteiger partial charge >= 0.3 is 0 Å². The molecule has 0 radical (unpaired) electrons. The van der Waals surface area contributed by atoms with Gasteiger partial charge in [-0.25, -0.2) is 0 Å². The molecule has 80 valence electrons. The predicted molar refractivity (Wildman–Crippen MR) is 58.9 cm³/mol. The lowest BCUT2D eigenvalue weighted by molar-refractivity contribution is -0.117. The van der Waals surface area contributed by atoms with Crippen LogP contribution < -0.4 is 10.1 Å². The van der Waals surface area contributed by atoms with E-state index >= 15 is 0 Å². The highest BCUT2D eigenvalue weighted by atomic mass is 16.5.